The maximum Gasteiger partial charge on any atom is 0.304 e. The van der Waals surface area contributed by atoms with Gasteiger partial charge in [0.15, 0.2) is 0 Å². The lowest BCUT2D eigenvalue weighted by molar-refractivity contribution is -0.144. The highest BCUT2D eigenvalue weighted by Gasteiger charge is 2.29. The van der Waals surface area contributed by atoms with Gasteiger partial charge in [0.1, 0.15) is 5.82 Å². The molecule has 0 unspecified atom stereocenters. The van der Waals surface area contributed by atoms with Gasteiger partial charge in [0, 0.05) is 6.54 Å². The molecule has 104 valence electrons. The van der Waals surface area contributed by atoms with E-state index < -0.39 is 11.4 Å². The number of carboxylic acid groups (broad SMARTS) is 1. The van der Waals surface area contributed by atoms with Crippen LogP contribution in [0.25, 0.3) is 0 Å². The minimum absolute atomic E-state index is 0.223. The molecule has 5 heteroatoms. The van der Waals surface area contributed by atoms with Gasteiger partial charge in [-0.2, -0.15) is 0 Å². The van der Waals surface area contributed by atoms with Crippen molar-refractivity contribution < 1.29 is 19.1 Å². The van der Waals surface area contributed by atoms with E-state index in [4.69, 9.17) is 5.11 Å². The number of rotatable bonds is 6. The second-order valence-electron chi connectivity index (χ2n) is 5.09. The zero-order valence-corrected chi connectivity index (χ0v) is 11.1. The quantitative estimate of drug-likeness (QED) is 0.828. The Kier molecular flexibility index (Phi) is 5.03. The Hall–Kier alpha value is -1.91. The first-order valence-corrected chi connectivity index (χ1v) is 6.06. The summed E-state index contributed by atoms with van der Waals surface area (Å²) >= 11 is 0. The van der Waals surface area contributed by atoms with Crippen molar-refractivity contribution in [1.29, 1.82) is 0 Å². The number of aliphatic carboxylic acids is 1. The van der Waals surface area contributed by atoms with Crippen LogP contribution < -0.4 is 5.32 Å². The molecule has 0 aliphatic rings. The van der Waals surface area contributed by atoms with Gasteiger partial charge in [-0.3, -0.25) is 9.59 Å². The van der Waals surface area contributed by atoms with Crippen molar-refractivity contribution in [2.24, 2.45) is 5.41 Å². The van der Waals surface area contributed by atoms with E-state index in [9.17, 15) is 14.0 Å². The van der Waals surface area contributed by atoms with Crippen LogP contribution in [0.3, 0.4) is 0 Å². The molecule has 19 heavy (non-hydrogen) atoms. The third-order valence-electron chi connectivity index (χ3n) is 2.80. The number of carbonyl (C=O) groups is 2. The Balaban J connectivity index is 2.44. The Labute approximate surface area is 111 Å². The fraction of sp³-hybridized carbons (Fsp3) is 0.429. The van der Waals surface area contributed by atoms with Gasteiger partial charge in [-0.15, -0.1) is 0 Å². The van der Waals surface area contributed by atoms with Crippen LogP contribution in [0.5, 0.6) is 0 Å². The van der Waals surface area contributed by atoms with Crippen molar-refractivity contribution in [2.45, 2.75) is 26.7 Å². The van der Waals surface area contributed by atoms with Crippen molar-refractivity contribution in [1.82, 2.24) is 5.32 Å². The maximum atomic E-state index is 12.9. The van der Waals surface area contributed by atoms with Gasteiger partial charge in [-0.1, -0.05) is 26.0 Å². The second-order valence-corrected chi connectivity index (χ2v) is 5.09. The minimum Gasteiger partial charge on any atom is -0.481 e. The lowest BCUT2D eigenvalue weighted by Gasteiger charge is -2.21. The third kappa shape index (κ3) is 5.07. The Morgan fingerprint density at radius 3 is 2.63 bits per heavy atom. The Morgan fingerprint density at radius 2 is 2.05 bits per heavy atom. The third-order valence-corrected chi connectivity index (χ3v) is 2.80. The smallest absolute Gasteiger partial charge is 0.304 e. The standard InChI is InChI=1S/C14H18FNO3/c1-14(2,9-12(17)18)13(19)16-7-6-10-4-3-5-11(15)8-10/h3-5,8H,6-7,9H2,1-2H3,(H,16,19)(H,17,18). The molecule has 0 saturated carbocycles. The monoisotopic (exact) mass is 267 g/mol. The number of benzene rings is 1. The zero-order valence-electron chi connectivity index (χ0n) is 11.1. The van der Waals surface area contributed by atoms with E-state index in [-0.39, 0.29) is 18.1 Å². The molecule has 0 aliphatic heterocycles. The summed E-state index contributed by atoms with van der Waals surface area (Å²) in [6.45, 7) is 3.52. The molecule has 0 fully saturated rings. The molecule has 0 bridgehead atoms. The van der Waals surface area contributed by atoms with Gasteiger partial charge >= 0.3 is 5.97 Å². The van der Waals surface area contributed by atoms with E-state index in [0.717, 1.165) is 5.56 Å². The van der Waals surface area contributed by atoms with E-state index >= 15 is 0 Å². The van der Waals surface area contributed by atoms with Gasteiger partial charge in [0.25, 0.3) is 0 Å². The van der Waals surface area contributed by atoms with Crippen LogP contribution in [0, 0.1) is 11.2 Å². The highest BCUT2D eigenvalue weighted by Crippen LogP contribution is 2.20. The van der Waals surface area contributed by atoms with Crippen molar-refractivity contribution in [3.05, 3.63) is 35.6 Å². The van der Waals surface area contributed by atoms with Crippen LogP contribution in [-0.2, 0) is 16.0 Å². The molecule has 0 radical (unpaired) electrons. The largest absolute Gasteiger partial charge is 0.481 e. The van der Waals surface area contributed by atoms with E-state index in [2.05, 4.69) is 5.32 Å². The Morgan fingerprint density at radius 1 is 1.37 bits per heavy atom. The topological polar surface area (TPSA) is 66.4 Å². The summed E-state index contributed by atoms with van der Waals surface area (Å²) in [7, 11) is 0. The first-order chi connectivity index (χ1) is 8.81. The number of amides is 1. The highest BCUT2D eigenvalue weighted by atomic mass is 19.1. The summed E-state index contributed by atoms with van der Waals surface area (Å²) in [5.41, 5.74) is -0.162. The fourth-order valence-electron chi connectivity index (χ4n) is 1.71. The predicted octanol–water partition coefficient (Wildman–Crippen LogP) is 1.99. The molecule has 2 N–H and O–H groups in total. The fourth-order valence-corrected chi connectivity index (χ4v) is 1.71. The summed E-state index contributed by atoms with van der Waals surface area (Å²) in [4.78, 5) is 22.4. The number of nitrogens with one attached hydrogen (secondary N) is 1. The van der Waals surface area contributed by atoms with E-state index in [1.807, 2.05) is 0 Å². The summed E-state index contributed by atoms with van der Waals surface area (Å²) in [5.74, 6) is -1.63. The highest BCUT2D eigenvalue weighted by molar-refractivity contribution is 5.86. The number of hydrogen-bond donors (Lipinski definition) is 2. The van der Waals surface area contributed by atoms with Gasteiger partial charge in [0.05, 0.1) is 11.8 Å². The SMILES string of the molecule is CC(C)(CC(=O)O)C(=O)NCCc1cccc(F)c1. The van der Waals surface area contributed by atoms with Crippen molar-refractivity contribution in [2.75, 3.05) is 6.54 Å². The van der Waals surface area contributed by atoms with Crippen molar-refractivity contribution in [3.8, 4) is 0 Å². The molecule has 4 nitrogen and oxygen atoms in total. The zero-order chi connectivity index (χ0) is 14.5. The lowest BCUT2D eigenvalue weighted by atomic mass is 9.88. The molecule has 0 aliphatic carbocycles. The predicted molar refractivity (Wildman–Crippen MR) is 69.1 cm³/mol. The van der Waals surface area contributed by atoms with Crippen LogP contribution in [0.15, 0.2) is 24.3 Å². The number of carboxylic acids is 1. The molecular formula is C14H18FNO3. The van der Waals surface area contributed by atoms with Gasteiger partial charge in [-0.25, -0.2) is 4.39 Å². The van der Waals surface area contributed by atoms with Crippen LogP contribution in [0.2, 0.25) is 0 Å². The maximum absolute atomic E-state index is 12.9. The summed E-state index contributed by atoms with van der Waals surface area (Å²) in [6, 6.07) is 6.16. The van der Waals surface area contributed by atoms with Crippen molar-refractivity contribution >= 4 is 11.9 Å². The molecule has 0 heterocycles. The summed E-state index contributed by atoms with van der Waals surface area (Å²) in [6.07, 6.45) is 0.283. The molecule has 0 saturated heterocycles. The first-order valence-electron chi connectivity index (χ1n) is 6.06. The molecule has 0 aromatic heterocycles. The van der Waals surface area contributed by atoms with E-state index in [0.29, 0.717) is 13.0 Å². The normalized spacial score (nSPS) is 11.1. The van der Waals surface area contributed by atoms with E-state index in [1.54, 1.807) is 26.0 Å². The molecule has 1 aromatic carbocycles. The van der Waals surface area contributed by atoms with E-state index in [1.165, 1.54) is 12.1 Å². The lowest BCUT2D eigenvalue weighted by Crippen LogP contribution is -2.39. The van der Waals surface area contributed by atoms with Crippen LogP contribution in [-0.4, -0.2) is 23.5 Å². The van der Waals surface area contributed by atoms with Gasteiger partial charge in [0.2, 0.25) is 5.91 Å². The van der Waals surface area contributed by atoms with Crippen molar-refractivity contribution in [3.63, 3.8) is 0 Å². The minimum atomic E-state index is -1.01. The first kappa shape index (κ1) is 15.1. The number of hydrogen-bond acceptors (Lipinski definition) is 2. The molecule has 1 amide bonds. The number of carbonyl (C=O) groups excluding carboxylic acids is 1. The summed E-state index contributed by atoms with van der Waals surface area (Å²) < 4.78 is 12.9. The molecule has 1 aromatic rings. The second kappa shape index (κ2) is 6.31. The van der Waals surface area contributed by atoms with Crippen LogP contribution in [0.1, 0.15) is 25.8 Å². The van der Waals surface area contributed by atoms with Gasteiger partial charge in [-0.05, 0) is 24.1 Å². The summed E-state index contributed by atoms with van der Waals surface area (Å²) in [5, 5.41) is 11.4. The molecule has 0 atom stereocenters. The average molecular weight is 267 g/mol. The van der Waals surface area contributed by atoms with Crippen LogP contribution >= 0.6 is 0 Å². The molecule has 1 rings (SSSR count). The molecule has 0 spiro atoms. The van der Waals surface area contributed by atoms with Gasteiger partial charge < -0.3 is 10.4 Å². The Bertz CT molecular complexity index is 472. The van der Waals surface area contributed by atoms with Crippen LogP contribution in [0.4, 0.5) is 4.39 Å². The number of halogens is 1. The average Bonchev–Trinajstić information content (AvgIpc) is 2.27. The molecular weight excluding hydrogens is 249 g/mol.